The Labute approximate surface area is 147 Å². The van der Waals surface area contributed by atoms with Gasteiger partial charge in [0.1, 0.15) is 5.41 Å². The van der Waals surface area contributed by atoms with Gasteiger partial charge in [-0.15, -0.1) is 0 Å². The summed E-state index contributed by atoms with van der Waals surface area (Å²) in [5, 5.41) is 5.98. The molecule has 0 radical (unpaired) electrons. The van der Waals surface area contributed by atoms with Crippen LogP contribution in [0.25, 0.3) is 0 Å². The molecule has 0 fully saturated rings. The molecule has 0 atom stereocenters. The third-order valence-electron chi connectivity index (χ3n) is 4.11. The van der Waals surface area contributed by atoms with Gasteiger partial charge in [0.2, 0.25) is 11.8 Å². The predicted molar refractivity (Wildman–Crippen MR) is 98.4 cm³/mol. The summed E-state index contributed by atoms with van der Waals surface area (Å²) in [4.78, 5) is 25.1. The first kappa shape index (κ1) is 18.0. The van der Waals surface area contributed by atoms with Crippen LogP contribution in [0.15, 0.2) is 42.5 Å². The van der Waals surface area contributed by atoms with Gasteiger partial charge in [0.25, 0.3) is 0 Å². The van der Waals surface area contributed by atoms with Gasteiger partial charge in [0.05, 0.1) is 10.7 Å². The van der Waals surface area contributed by atoms with E-state index in [1.54, 1.807) is 38.1 Å². The predicted octanol–water partition coefficient (Wildman–Crippen LogP) is 4.56. The Morgan fingerprint density at radius 3 is 2.04 bits per heavy atom. The number of rotatable bonds is 4. The zero-order chi connectivity index (χ0) is 17.9. The number of hydrogen-bond donors (Lipinski definition) is 2. The molecule has 0 saturated carbocycles. The van der Waals surface area contributed by atoms with Gasteiger partial charge in [-0.3, -0.25) is 9.59 Å². The summed E-state index contributed by atoms with van der Waals surface area (Å²) in [5.41, 5.74) is 1.99. The second-order valence-corrected chi connectivity index (χ2v) is 6.67. The topological polar surface area (TPSA) is 58.2 Å². The van der Waals surface area contributed by atoms with Crippen molar-refractivity contribution in [2.45, 2.75) is 27.7 Å². The molecule has 2 aromatic carbocycles. The highest BCUT2D eigenvalue weighted by molar-refractivity contribution is 6.34. The first-order chi connectivity index (χ1) is 11.2. The number of hydrogen-bond acceptors (Lipinski definition) is 2. The van der Waals surface area contributed by atoms with Gasteiger partial charge in [0.15, 0.2) is 0 Å². The van der Waals surface area contributed by atoms with Crippen molar-refractivity contribution in [3.63, 3.8) is 0 Å². The highest BCUT2D eigenvalue weighted by Gasteiger charge is 2.36. The molecule has 0 spiro atoms. The second kappa shape index (κ2) is 7.05. The molecule has 2 aromatic rings. The molecule has 5 heteroatoms. The highest BCUT2D eigenvalue weighted by atomic mass is 35.5. The largest absolute Gasteiger partial charge is 0.325 e. The molecule has 126 valence electrons. The normalized spacial score (nSPS) is 11.0. The van der Waals surface area contributed by atoms with Crippen LogP contribution in [0.4, 0.5) is 11.4 Å². The van der Waals surface area contributed by atoms with Crippen molar-refractivity contribution in [1.82, 2.24) is 0 Å². The standard InChI is InChI=1S/C19H21ClN2O2/c1-12-8-7-11-15(13(12)2)21-17(23)19(3,4)18(24)22-16-10-6-5-9-14(16)20/h5-11H,1-4H3,(H,21,23)(H,22,24). The number of amides is 2. The van der Waals surface area contributed by atoms with Crippen LogP contribution in [0.3, 0.4) is 0 Å². The van der Waals surface area contributed by atoms with Crippen LogP contribution in [-0.2, 0) is 9.59 Å². The Hall–Kier alpha value is -2.33. The molecule has 2 N–H and O–H groups in total. The summed E-state index contributed by atoms with van der Waals surface area (Å²) < 4.78 is 0. The summed E-state index contributed by atoms with van der Waals surface area (Å²) in [7, 11) is 0. The van der Waals surface area contributed by atoms with Crippen LogP contribution >= 0.6 is 11.6 Å². The van der Waals surface area contributed by atoms with E-state index in [9.17, 15) is 9.59 Å². The van der Waals surface area contributed by atoms with E-state index in [1.807, 2.05) is 32.0 Å². The van der Waals surface area contributed by atoms with Gasteiger partial charge in [-0.05, 0) is 57.0 Å². The Morgan fingerprint density at radius 2 is 1.42 bits per heavy atom. The monoisotopic (exact) mass is 344 g/mol. The number of halogens is 1. The molecule has 0 aliphatic heterocycles. The third-order valence-corrected chi connectivity index (χ3v) is 4.44. The number of benzene rings is 2. The van der Waals surface area contributed by atoms with E-state index in [0.29, 0.717) is 16.4 Å². The molecule has 0 unspecified atom stereocenters. The number of carbonyl (C=O) groups is 2. The number of aryl methyl sites for hydroxylation is 1. The molecule has 24 heavy (non-hydrogen) atoms. The van der Waals surface area contributed by atoms with Gasteiger partial charge < -0.3 is 10.6 Å². The first-order valence-corrected chi connectivity index (χ1v) is 8.05. The molecule has 0 heterocycles. The SMILES string of the molecule is Cc1cccc(NC(=O)C(C)(C)C(=O)Nc2ccccc2Cl)c1C. The van der Waals surface area contributed by atoms with Crippen molar-refractivity contribution in [1.29, 1.82) is 0 Å². The summed E-state index contributed by atoms with van der Waals surface area (Å²) in [6.45, 7) is 7.07. The van der Waals surface area contributed by atoms with Gasteiger partial charge in [-0.25, -0.2) is 0 Å². The van der Waals surface area contributed by atoms with E-state index in [0.717, 1.165) is 11.1 Å². The number of carbonyl (C=O) groups excluding carboxylic acids is 2. The molecule has 0 saturated heterocycles. The lowest BCUT2D eigenvalue weighted by Crippen LogP contribution is -2.41. The van der Waals surface area contributed by atoms with Crippen LogP contribution in [0.2, 0.25) is 5.02 Å². The molecular formula is C19H21ClN2O2. The Balaban J connectivity index is 2.16. The summed E-state index contributed by atoms with van der Waals surface area (Å²) >= 11 is 6.05. The minimum Gasteiger partial charge on any atom is -0.325 e. The maximum atomic E-state index is 12.6. The van der Waals surface area contributed by atoms with Crippen LogP contribution < -0.4 is 10.6 Å². The molecule has 2 amide bonds. The fourth-order valence-corrected chi connectivity index (χ4v) is 2.29. The van der Waals surface area contributed by atoms with Crippen LogP contribution in [-0.4, -0.2) is 11.8 Å². The van der Waals surface area contributed by atoms with Crippen molar-refractivity contribution in [3.05, 3.63) is 58.6 Å². The smallest absolute Gasteiger partial charge is 0.239 e. The lowest BCUT2D eigenvalue weighted by atomic mass is 9.90. The van der Waals surface area contributed by atoms with Crippen molar-refractivity contribution < 1.29 is 9.59 Å². The Kier molecular flexibility index (Phi) is 5.30. The second-order valence-electron chi connectivity index (χ2n) is 6.26. The minimum atomic E-state index is -1.25. The van der Waals surface area contributed by atoms with Crippen LogP contribution in [0, 0.1) is 19.3 Å². The molecule has 4 nitrogen and oxygen atoms in total. The van der Waals surface area contributed by atoms with E-state index in [2.05, 4.69) is 10.6 Å². The molecule has 0 aromatic heterocycles. The third kappa shape index (κ3) is 3.77. The van der Waals surface area contributed by atoms with Crippen molar-refractivity contribution in [2.75, 3.05) is 10.6 Å². The van der Waals surface area contributed by atoms with Crippen molar-refractivity contribution in [2.24, 2.45) is 5.41 Å². The van der Waals surface area contributed by atoms with Gasteiger partial charge >= 0.3 is 0 Å². The number of anilines is 2. The van der Waals surface area contributed by atoms with E-state index in [1.165, 1.54) is 0 Å². The fraction of sp³-hybridized carbons (Fsp3) is 0.263. The van der Waals surface area contributed by atoms with E-state index in [-0.39, 0.29) is 5.91 Å². The average Bonchev–Trinajstić information content (AvgIpc) is 2.53. The number of nitrogens with one attached hydrogen (secondary N) is 2. The molecule has 2 rings (SSSR count). The van der Waals surface area contributed by atoms with E-state index < -0.39 is 11.3 Å². The van der Waals surface area contributed by atoms with Crippen molar-refractivity contribution in [3.8, 4) is 0 Å². The van der Waals surface area contributed by atoms with Gasteiger partial charge in [0, 0.05) is 5.69 Å². The fourth-order valence-electron chi connectivity index (χ4n) is 2.11. The van der Waals surface area contributed by atoms with Crippen molar-refractivity contribution >= 4 is 34.8 Å². The molecule has 0 aliphatic rings. The lowest BCUT2D eigenvalue weighted by molar-refractivity contribution is -0.135. The first-order valence-electron chi connectivity index (χ1n) is 7.67. The quantitative estimate of drug-likeness (QED) is 0.799. The Morgan fingerprint density at radius 1 is 0.875 bits per heavy atom. The van der Waals surface area contributed by atoms with E-state index in [4.69, 9.17) is 11.6 Å². The zero-order valence-corrected chi connectivity index (χ0v) is 15.0. The van der Waals surface area contributed by atoms with Crippen LogP contribution in [0.1, 0.15) is 25.0 Å². The van der Waals surface area contributed by atoms with E-state index >= 15 is 0 Å². The van der Waals surface area contributed by atoms with Gasteiger partial charge in [-0.1, -0.05) is 35.9 Å². The maximum Gasteiger partial charge on any atom is 0.239 e. The van der Waals surface area contributed by atoms with Gasteiger partial charge in [-0.2, -0.15) is 0 Å². The maximum absolute atomic E-state index is 12.6. The average molecular weight is 345 g/mol. The van der Waals surface area contributed by atoms with Crippen LogP contribution in [0.5, 0.6) is 0 Å². The number of para-hydroxylation sites is 1. The summed E-state index contributed by atoms with van der Waals surface area (Å²) in [6, 6.07) is 12.6. The highest BCUT2D eigenvalue weighted by Crippen LogP contribution is 2.26. The molecule has 0 aliphatic carbocycles. The zero-order valence-electron chi connectivity index (χ0n) is 14.2. The molecular weight excluding hydrogens is 324 g/mol. The summed E-state index contributed by atoms with van der Waals surface area (Å²) in [6.07, 6.45) is 0. The molecule has 0 bridgehead atoms. The Bertz CT molecular complexity index is 785. The lowest BCUT2D eigenvalue weighted by Gasteiger charge is -2.23. The summed E-state index contributed by atoms with van der Waals surface area (Å²) in [5.74, 6) is -0.792. The minimum absolute atomic E-state index is 0.374.